The van der Waals surface area contributed by atoms with E-state index < -0.39 is 52.7 Å². The first-order valence-electron chi connectivity index (χ1n) is 10.7. The summed E-state index contributed by atoms with van der Waals surface area (Å²) in [6.07, 6.45) is -6.38. The minimum Gasteiger partial charge on any atom is -0.326 e. The van der Waals surface area contributed by atoms with Crippen LogP contribution in [-0.4, -0.2) is 28.0 Å². The number of nitrogens with one attached hydrogen (secondary N) is 1. The second-order valence-corrected chi connectivity index (χ2v) is 11.2. The maximum atomic E-state index is 12.9. The van der Waals surface area contributed by atoms with Gasteiger partial charge < -0.3 is 5.32 Å². The van der Waals surface area contributed by atoms with Crippen LogP contribution in [-0.2, 0) is 9.59 Å². The highest BCUT2D eigenvalue weighted by molar-refractivity contribution is 6.53. The van der Waals surface area contributed by atoms with Crippen LogP contribution in [0.15, 0.2) is 36.4 Å². The molecule has 2 atom stereocenters. The quantitative estimate of drug-likeness (QED) is 0.219. The lowest BCUT2D eigenvalue weighted by Crippen LogP contribution is -2.17. The predicted octanol–water partition coefficient (Wildman–Crippen LogP) is 8.44. The smallest absolute Gasteiger partial charge is 0.326 e. The van der Waals surface area contributed by atoms with Crippen molar-refractivity contribution in [3.63, 3.8) is 0 Å². The second-order valence-electron chi connectivity index (χ2n) is 8.45. The number of carbonyl (C=O) groups is 3. The van der Waals surface area contributed by atoms with E-state index in [1.165, 1.54) is 18.2 Å². The Labute approximate surface area is 230 Å². The fourth-order valence-electron chi connectivity index (χ4n) is 3.85. The third-order valence-electron chi connectivity index (χ3n) is 5.66. The Kier molecular flexibility index (Phi) is 9.27. The summed E-state index contributed by atoms with van der Waals surface area (Å²) in [5, 5.41) is 3.54. The van der Waals surface area contributed by atoms with Gasteiger partial charge in [0, 0.05) is 46.5 Å². The van der Waals surface area contributed by atoms with Gasteiger partial charge in [0.15, 0.2) is 5.78 Å². The van der Waals surface area contributed by atoms with Gasteiger partial charge in [0.2, 0.25) is 5.91 Å². The summed E-state index contributed by atoms with van der Waals surface area (Å²) >= 11 is 30.9. The number of amides is 1. The monoisotopic (exact) mass is 601 g/mol. The average molecular weight is 604 g/mol. The van der Waals surface area contributed by atoms with Crippen molar-refractivity contribution in [2.45, 2.75) is 48.5 Å². The molecule has 2 aromatic carbocycles. The number of hydrogen-bond acceptors (Lipinski definition) is 3. The van der Waals surface area contributed by atoms with Crippen LogP contribution < -0.4 is 5.32 Å². The van der Waals surface area contributed by atoms with Gasteiger partial charge in [-0.15, -0.1) is 23.2 Å². The third-order valence-corrected chi connectivity index (χ3v) is 7.37. The molecule has 36 heavy (non-hydrogen) atoms. The molecule has 0 bridgehead atoms. The van der Waals surface area contributed by atoms with Crippen LogP contribution in [0.3, 0.4) is 0 Å². The highest BCUT2D eigenvalue weighted by Crippen LogP contribution is 2.65. The van der Waals surface area contributed by atoms with Crippen LogP contribution in [0.25, 0.3) is 0 Å². The van der Waals surface area contributed by atoms with Gasteiger partial charge in [-0.05, 0) is 48.4 Å². The van der Waals surface area contributed by atoms with Gasteiger partial charge in [0.05, 0.1) is 17.4 Å². The average Bonchev–Trinajstić information content (AvgIpc) is 3.34. The Morgan fingerprint density at radius 2 is 1.56 bits per heavy atom. The van der Waals surface area contributed by atoms with Crippen molar-refractivity contribution in [2.75, 3.05) is 5.32 Å². The molecule has 4 nitrogen and oxygen atoms in total. The summed E-state index contributed by atoms with van der Waals surface area (Å²) in [5.74, 6) is -2.84. The van der Waals surface area contributed by atoms with E-state index in [4.69, 9.17) is 58.0 Å². The van der Waals surface area contributed by atoms with E-state index in [2.05, 4.69) is 5.32 Å². The molecular weight excluding hydrogens is 585 g/mol. The van der Waals surface area contributed by atoms with Crippen LogP contribution in [0.2, 0.25) is 15.1 Å². The van der Waals surface area contributed by atoms with E-state index in [9.17, 15) is 27.6 Å². The Morgan fingerprint density at radius 1 is 0.917 bits per heavy atom. The molecule has 0 heterocycles. The minimum atomic E-state index is -4.40. The lowest BCUT2D eigenvalue weighted by Gasteiger charge is -2.09. The van der Waals surface area contributed by atoms with Gasteiger partial charge >= 0.3 is 6.18 Å². The lowest BCUT2D eigenvalue weighted by atomic mass is 10.0. The van der Waals surface area contributed by atoms with E-state index in [1.54, 1.807) is 18.2 Å². The number of benzene rings is 2. The van der Waals surface area contributed by atoms with Crippen molar-refractivity contribution >= 4 is 81.2 Å². The van der Waals surface area contributed by atoms with E-state index in [1.807, 2.05) is 0 Å². The molecule has 3 rings (SSSR count). The molecule has 0 aliphatic heterocycles. The number of Topliss-reactive ketones (excluding diaryl/α,β-unsaturated/α-hetero) is 2. The molecule has 1 amide bonds. The molecule has 0 radical (unpaired) electrons. The summed E-state index contributed by atoms with van der Waals surface area (Å²) in [6, 6.07) is 9.09. The second kappa shape index (κ2) is 11.5. The normalized spacial score (nSPS) is 18.6. The highest BCUT2D eigenvalue weighted by Gasteiger charge is 2.67. The van der Waals surface area contributed by atoms with Gasteiger partial charge in [-0.25, -0.2) is 0 Å². The maximum absolute atomic E-state index is 12.9. The molecular formula is C24H19Cl5F3NO3. The number of hydrogen-bond donors (Lipinski definition) is 1. The van der Waals surface area contributed by atoms with E-state index >= 15 is 0 Å². The third kappa shape index (κ3) is 7.51. The van der Waals surface area contributed by atoms with Crippen LogP contribution in [0.1, 0.15) is 53.9 Å². The van der Waals surface area contributed by atoms with Crippen molar-refractivity contribution in [2.24, 2.45) is 5.92 Å². The molecule has 0 spiro atoms. The lowest BCUT2D eigenvalue weighted by molar-refractivity contribution is -0.143. The van der Waals surface area contributed by atoms with Crippen LogP contribution in [0.4, 0.5) is 18.9 Å². The van der Waals surface area contributed by atoms with Gasteiger partial charge in [-0.1, -0.05) is 34.8 Å². The molecule has 12 heteroatoms. The molecule has 1 aliphatic rings. The van der Waals surface area contributed by atoms with Gasteiger partial charge in [-0.2, -0.15) is 13.2 Å². The maximum Gasteiger partial charge on any atom is 0.389 e. The molecule has 1 fully saturated rings. The van der Waals surface area contributed by atoms with Crippen LogP contribution >= 0.6 is 58.0 Å². The van der Waals surface area contributed by atoms with E-state index in [-0.39, 0.29) is 35.5 Å². The summed E-state index contributed by atoms with van der Waals surface area (Å²) in [5.41, 5.74) is 0.983. The SMILES string of the molecule is O=C(CCCC(=O)c1cc(NC(=O)C2C(c3cc(Cl)cc(Cl)c3)C2(Cl)Cl)ccc1Cl)CCC(F)(F)F. The predicted molar refractivity (Wildman–Crippen MR) is 136 cm³/mol. The number of carbonyl (C=O) groups excluding carboxylic acids is 3. The van der Waals surface area contributed by atoms with Crippen molar-refractivity contribution < 1.29 is 27.6 Å². The largest absolute Gasteiger partial charge is 0.389 e. The van der Waals surface area contributed by atoms with Crippen molar-refractivity contribution in [3.05, 3.63) is 62.6 Å². The zero-order valence-electron chi connectivity index (χ0n) is 18.4. The Bertz CT molecular complexity index is 1170. The fraction of sp³-hybridized carbons (Fsp3) is 0.375. The van der Waals surface area contributed by atoms with E-state index in [0.717, 1.165) is 0 Å². The molecule has 0 aromatic heterocycles. The van der Waals surface area contributed by atoms with Crippen molar-refractivity contribution in [3.8, 4) is 0 Å². The molecule has 1 N–H and O–H groups in total. The first-order valence-corrected chi connectivity index (χ1v) is 12.6. The Hall–Kier alpha value is -1.51. The van der Waals surface area contributed by atoms with Crippen LogP contribution in [0.5, 0.6) is 0 Å². The first-order chi connectivity index (χ1) is 16.7. The standard InChI is InChI=1S/C24H19Cl5F3NO3/c25-13-8-12(9-14(26)10-13)20-21(24(20,28)29)22(36)33-15-4-5-18(27)17(11-15)19(35)3-1-2-16(34)6-7-23(30,31)32/h4-5,8-11,20-21H,1-3,6-7H2,(H,33,36). The fourth-order valence-corrected chi connectivity index (χ4v) is 5.44. The summed E-state index contributed by atoms with van der Waals surface area (Å²) in [6.45, 7) is 0. The number of ketones is 2. The van der Waals surface area contributed by atoms with Crippen molar-refractivity contribution in [1.82, 2.24) is 0 Å². The van der Waals surface area contributed by atoms with E-state index in [0.29, 0.717) is 15.6 Å². The Morgan fingerprint density at radius 3 is 2.17 bits per heavy atom. The number of halogens is 8. The van der Waals surface area contributed by atoms with Gasteiger partial charge in [0.25, 0.3) is 0 Å². The number of anilines is 1. The summed E-state index contributed by atoms with van der Waals surface area (Å²) in [4.78, 5) is 37.1. The Balaban J connectivity index is 1.61. The zero-order valence-corrected chi connectivity index (χ0v) is 22.2. The topological polar surface area (TPSA) is 63.2 Å². The number of alkyl halides is 5. The highest BCUT2D eigenvalue weighted by atomic mass is 35.5. The van der Waals surface area contributed by atoms with Crippen LogP contribution in [0, 0.1) is 5.92 Å². The minimum absolute atomic E-state index is 0.0788. The van der Waals surface area contributed by atoms with Crippen molar-refractivity contribution in [1.29, 1.82) is 0 Å². The van der Waals surface area contributed by atoms with Gasteiger partial charge in [0.1, 0.15) is 10.1 Å². The zero-order chi connectivity index (χ0) is 26.8. The number of rotatable bonds is 10. The summed E-state index contributed by atoms with van der Waals surface area (Å²) in [7, 11) is 0. The van der Waals surface area contributed by atoms with Gasteiger partial charge in [-0.3, -0.25) is 14.4 Å². The molecule has 0 saturated heterocycles. The molecule has 1 saturated carbocycles. The molecule has 2 unspecified atom stereocenters. The first kappa shape index (κ1) is 29.1. The summed E-state index contributed by atoms with van der Waals surface area (Å²) < 4.78 is 35.3. The molecule has 194 valence electrons. The molecule has 1 aliphatic carbocycles. The molecule has 2 aromatic rings.